The predicted molar refractivity (Wildman–Crippen MR) is 103 cm³/mol. The lowest BCUT2D eigenvalue weighted by atomic mass is 10.0. The second-order valence-electron chi connectivity index (χ2n) is 6.21. The van der Waals surface area contributed by atoms with Crippen molar-refractivity contribution in [2.45, 2.75) is 37.3 Å². The molecule has 1 amide bonds. The van der Waals surface area contributed by atoms with Crippen LogP contribution in [0.1, 0.15) is 26.2 Å². The third-order valence-electron chi connectivity index (χ3n) is 4.28. The molecule has 8 heteroatoms. The monoisotopic (exact) mass is 394 g/mol. The van der Waals surface area contributed by atoms with Gasteiger partial charge >= 0.3 is 0 Å². The lowest BCUT2D eigenvalue weighted by Crippen LogP contribution is -2.38. The highest BCUT2D eigenvalue weighted by Gasteiger charge is 2.20. The molecule has 26 heavy (non-hydrogen) atoms. The summed E-state index contributed by atoms with van der Waals surface area (Å²) in [6.45, 7) is 3.18. The average Bonchev–Trinajstić information content (AvgIpc) is 2.63. The smallest absolute Gasteiger partial charge is 0.234 e. The average molecular weight is 395 g/mol. The topological polar surface area (TPSA) is 58.1 Å². The number of anilines is 2. The zero-order valence-electron chi connectivity index (χ0n) is 14.4. The van der Waals surface area contributed by atoms with Crippen LogP contribution in [0, 0.1) is 5.82 Å². The molecule has 0 radical (unpaired) electrons. The number of amides is 1. The van der Waals surface area contributed by atoms with Crippen LogP contribution in [-0.2, 0) is 4.79 Å². The van der Waals surface area contributed by atoms with Gasteiger partial charge < -0.3 is 10.2 Å². The number of thioether (sulfide) groups is 1. The molecule has 1 aromatic carbocycles. The molecule has 3 rings (SSSR count). The summed E-state index contributed by atoms with van der Waals surface area (Å²) in [7, 11) is 0. The quantitative estimate of drug-likeness (QED) is 0.602. The molecule has 1 fully saturated rings. The molecule has 138 valence electrons. The van der Waals surface area contributed by atoms with E-state index in [9.17, 15) is 9.18 Å². The normalized spacial score (nSPS) is 17.2. The van der Waals surface area contributed by atoms with Crippen LogP contribution in [-0.4, -0.2) is 34.2 Å². The molecule has 1 aliphatic rings. The van der Waals surface area contributed by atoms with Crippen molar-refractivity contribution in [3.05, 3.63) is 41.4 Å². The number of nitrogens with zero attached hydrogens (tertiary/aromatic N) is 3. The minimum Gasteiger partial charge on any atom is -0.354 e. The fourth-order valence-corrected chi connectivity index (χ4v) is 3.74. The van der Waals surface area contributed by atoms with E-state index >= 15 is 0 Å². The highest BCUT2D eigenvalue weighted by Crippen LogP contribution is 2.26. The molecule has 5 nitrogen and oxygen atoms in total. The van der Waals surface area contributed by atoms with E-state index in [1.54, 1.807) is 0 Å². The summed E-state index contributed by atoms with van der Waals surface area (Å²) in [6.07, 6.45) is 5.08. The number of hydrogen-bond donors (Lipinski definition) is 1. The molecule has 1 aliphatic heterocycles. The van der Waals surface area contributed by atoms with Crippen LogP contribution >= 0.6 is 23.4 Å². The van der Waals surface area contributed by atoms with Gasteiger partial charge in [-0.3, -0.25) is 4.79 Å². The van der Waals surface area contributed by atoms with Crippen molar-refractivity contribution in [1.29, 1.82) is 0 Å². The van der Waals surface area contributed by atoms with Gasteiger partial charge in [0.15, 0.2) is 0 Å². The van der Waals surface area contributed by atoms with E-state index in [0.717, 1.165) is 30.2 Å². The Kier molecular flexibility index (Phi) is 6.32. The molecular formula is C18H20ClFN4OS. The van der Waals surface area contributed by atoms with Gasteiger partial charge in [-0.05, 0) is 44.4 Å². The molecule has 0 bridgehead atoms. The van der Waals surface area contributed by atoms with Crippen LogP contribution < -0.4 is 10.2 Å². The van der Waals surface area contributed by atoms with E-state index in [-0.39, 0.29) is 22.4 Å². The predicted octanol–water partition coefficient (Wildman–Crippen LogP) is 4.38. The lowest BCUT2D eigenvalue weighted by Gasteiger charge is -2.34. The molecule has 0 unspecified atom stereocenters. The Morgan fingerprint density at radius 2 is 2.23 bits per heavy atom. The second-order valence-corrected chi connectivity index (χ2v) is 7.65. The van der Waals surface area contributed by atoms with Gasteiger partial charge in [0.1, 0.15) is 23.0 Å². The Morgan fingerprint density at radius 1 is 1.38 bits per heavy atom. The fourth-order valence-electron chi connectivity index (χ4n) is 2.92. The fraction of sp³-hybridized carbons (Fsp3) is 0.389. The molecule has 1 N–H and O–H groups in total. The Hall–Kier alpha value is -1.86. The Bertz CT molecular complexity index is 792. The van der Waals surface area contributed by atoms with E-state index in [0.29, 0.717) is 6.04 Å². The molecule has 0 saturated carbocycles. The third-order valence-corrected chi connectivity index (χ3v) is 5.44. The van der Waals surface area contributed by atoms with Gasteiger partial charge in [0.2, 0.25) is 5.91 Å². The molecule has 0 spiro atoms. The van der Waals surface area contributed by atoms with E-state index in [1.165, 1.54) is 42.7 Å². The van der Waals surface area contributed by atoms with E-state index in [1.807, 2.05) is 6.07 Å². The molecule has 1 saturated heterocycles. The molecular weight excluding hydrogens is 375 g/mol. The highest BCUT2D eigenvalue weighted by atomic mass is 35.5. The van der Waals surface area contributed by atoms with Crippen molar-refractivity contribution in [1.82, 2.24) is 9.97 Å². The van der Waals surface area contributed by atoms with Gasteiger partial charge in [-0.15, -0.1) is 0 Å². The van der Waals surface area contributed by atoms with Crippen molar-refractivity contribution in [3.8, 4) is 0 Å². The Morgan fingerprint density at radius 3 is 3.00 bits per heavy atom. The molecule has 1 atom stereocenters. The van der Waals surface area contributed by atoms with Crippen molar-refractivity contribution in [3.63, 3.8) is 0 Å². The van der Waals surface area contributed by atoms with Crippen molar-refractivity contribution >= 4 is 40.8 Å². The van der Waals surface area contributed by atoms with Gasteiger partial charge in [0.05, 0.1) is 11.4 Å². The van der Waals surface area contributed by atoms with Gasteiger partial charge in [0.25, 0.3) is 0 Å². The maximum Gasteiger partial charge on any atom is 0.234 e. The van der Waals surface area contributed by atoms with Crippen LogP contribution in [0.5, 0.6) is 0 Å². The largest absolute Gasteiger partial charge is 0.354 e. The number of aromatic nitrogens is 2. The molecule has 1 aromatic heterocycles. The minimum absolute atomic E-state index is 0.116. The molecule has 2 heterocycles. The number of rotatable bonds is 5. The molecule has 2 aromatic rings. The summed E-state index contributed by atoms with van der Waals surface area (Å²) in [4.78, 5) is 22.9. The SMILES string of the molecule is C[C@@H]1CCCCN1c1cc(SCC(=O)Nc2ccc(Cl)cc2F)ncn1. The van der Waals surface area contributed by atoms with Gasteiger partial charge in [-0.2, -0.15) is 0 Å². The summed E-state index contributed by atoms with van der Waals surface area (Å²) >= 11 is 7.01. The van der Waals surface area contributed by atoms with Crippen molar-refractivity contribution in [2.24, 2.45) is 0 Å². The van der Waals surface area contributed by atoms with Crippen LogP contribution in [0.15, 0.2) is 35.6 Å². The van der Waals surface area contributed by atoms with Crippen LogP contribution in [0.4, 0.5) is 15.9 Å². The van der Waals surface area contributed by atoms with Gasteiger partial charge in [0, 0.05) is 23.7 Å². The van der Waals surface area contributed by atoms with Crippen LogP contribution in [0.3, 0.4) is 0 Å². The van der Waals surface area contributed by atoms with E-state index in [2.05, 4.69) is 27.1 Å². The summed E-state index contributed by atoms with van der Waals surface area (Å²) in [5.74, 6) is 0.162. The first-order chi connectivity index (χ1) is 12.5. The van der Waals surface area contributed by atoms with Crippen molar-refractivity contribution in [2.75, 3.05) is 22.5 Å². The number of hydrogen-bond acceptors (Lipinski definition) is 5. The maximum absolute atomic E-state index is 13.7. The third kappa shape index (κ3) is 4.86. The van der Waals surface area contributed by atoms with Crippen molar-refractivity contribution < 1.29 is 9.18 Å². The number of carbonyl (C=O) groups excluding carboxylic acids is 1. The minimum atomic E-state index is -0.556. The van der Waals surface area contributed by atoms with Gasteiger partial charge in [-0.1, -0.05) is 23.4 Å². The maximum atomic E-state index is 13.7. The van der Waals surface area contributed by atoms with E-state index in [4.69, 9.17) is 11.6 Å². The molecule has 0 aliphatic carbocycles. The summed E-state index contributed by atoms with van der Waals surface area (Å²) in [5, 5.41) is 3.55. The second kappa shape index (κ2) is 8.68. The zero-order chi connectivity index (χ0) is 18.5. The summed E-state index contributed by atoms with van der Waals surface area (Å²) in [6, 6.07) is 6.50. The summed E-state index contributed by atoms with van der Waals surface area (Å²) < 4.78 is 13.7. The van der Waals surface area contributed by atoms with Crippen LogP contribution in [0.25, 0.3) is 0 Å². The summed E-state index contributed by atoms with van der Waals surface area (Å²) in [5.41, 5.74) is 0.116. The Labute approximate surface area is 161 Å². The number of piperidine rings is 1. The number of benzene rings is 1. The Balaban J connectivity index is 1.59. The lowest BCUT2D eigenvalue weighted by molar-refractivity contribution is -0.113. The zero-order valence-corrected chi connectivity index (χ0v) is 16.0. The van der Waals surface area contributed by atoms with Gasteiger partial charge in [-0.25, -0.2) is 14.4 Å². The van der Waals surface area contributed by atoms with E-state index < -0.39 is 5.82 Å². The first-order valence-corrected chi connectivity index (χ1v) is 9.85. The first-order valence-electron chi connectivity index (χ1n) is 8.49. The first kappa shape index (κ1) is 18.9. The standard InChI is InChI=1S/C18H20ClFN4OS/c1-12-4-2-3-7-24(12)16-9-18(22-11-21-16)26-10-17(25)23-15-6-5-13(19)8-14(15)20/h5-6,8-9,11-12H,2-4,7,10H2,1H3,(H,23,25)/t12-/m1/s1. The number of carbonyl (C=O) groups is 1. The number of nitrogens with one attached hydrogen (secondary N) is 1. The van der Waals surface area contributed by atoms with Crippen LogP contribution in [0.2, 0.25) is 5.02 Å². The highest BCUT2D eigenvalue weighted by molar-refractivity contribution is 7.99. The number of halogens is 2.